The monoisotopic (exact) mass is 424 g/mol. The van der Waals surface area contributed by atoms with Gasteiger partial charge in [-0.25, -0.2) is 12.8 Å². The van der Waals surface area contributed by atoms with Crippen LogP contribution in [0.5, 0.6) is 0 Å². The number of amides is 1. The molecule has 2 aromatic rings. The molecule has 1 aliphatic carbocycles. The van der Waals surface area contributed by atoms with Crippen LogP contribution >= 0.6 is 11.6 Å². The summed E-state index contributed by atoms with van der Waals surface area (Å²) in [5.41, 5.74) is 0.428. The summed E-state index contributed by atoms with van der Waals surface area (Å²) in [5, 5.41) is 3.05. The lowest BCUT2D eigenvalue weighted by atomic mass is 9.95. The van der Waals surface area contributed by atoms with Gasteiger partial charge >= 0.3 is 0 Å². The molecular weight excluding hydrogens is 403 g/mol. The number of hydrogen-bond acceptors (Lipinski definition) is 3. The lowest BCUT2D eigenvalue weighted by Crippen LogP contribution is -2.45. The number of nitrogens with one attached hydrogen (secondary N) is 1. The molecule has 1 N–H and O–H groups in total. The summed E-state index contributed by atoms with van der Waals surface area (Å²) < 4.78 is 40.9. The minimum Gasteiger partial charge on any atom is -0.324 e. The van der Waals surface area contributed by atoms with Crippen LogP contribution in [0.4, 0.5) is 10.1 Å². The fourth-order valence-electron chi connectivity index (χ4n) is 3.42. The van der Waals surface area contributed by atoms with Crippen molar-refractivity contribution in [2.75, 3.05) is 11.9 Å². The van der Waals surface area contributed by atoms with E-state index in [-0.39, 0.29) is 17.5 Å². The summed E-state index contributed by atoms with van der Waals surface area (Å²) in [5.74, 6) is -0.982. The Morgan fingerprint density at radius 2 is 1.71 bits per heavy atom. The summed E-state index contributed by atoms with van der Waals surface area (Å²) >= 11 is 6.07. The molecule has 1 amide bonds. The number of carbonyl (C=O) groups excluding carboxylic acids is 1. The second-order valence-electron chi connectivity index (χ2n) is 6.82. The van der Waals surface area contributed by atoms with Gasteiger partial charge in [-0.15, -0.1) is 0 Å². The third-order valence-corrected chi connectivity index (χ3v) is 7.09. The molecule has 0 unspecified atom stereocenters. The highest BCUT2D eigenvalue weighted by molar-refractivity contribution is 7.89. The zero-order valence-corrected chi connectivity index (χ0v) is 16.8. The SMILES string of the molecule is O=C(CN(C1CCCCC1)S(=O)(=O)c1ccc(F)cc1)Nc1ccccc1Cl. The predicted octanol–water partition coefficient (Wildman–Crippen LogP) is 4.44. The van der Waals surface area contributed by atoms with Gasteiger partial charge in [-0.1, -0.05) is 43.0 Å². The summed E-state index contributed by atoms with van der Waals surface area (Å²) in [6.07, 6.45) is 4.25. The first-order chi connectivity index (χ1) is 13.4. The highest BCUT2D eigenvalue weighted by atomic mass is 35.5. The van der Waals surface area contributed by atoms with Gasteiger partial charge in [-0.05, 0) is 49.2 Å². The Hall–Kier alpha value is -1.96. The molecule has 28 heavy (non-hydrogen) atoms. The Morgan fingerprint density at radius 3 is 2.36 bits per heavy atom. The standard InChI is InChI=1S/C20H22ClFN2O3S/c21-18-8-4-5-9-19(18)23-20(25)14-24(16-6-2-1-3-7-16)28(26,27)17-12-10-15(22)11-13-17/h4-5,8-13,16H,1-3,6-7,14H2,(H,23,25). The first kappa shape index (κ1) is 20.8. The molecule has 3 rings (SSSR count). The molecule has 0 heterocycles. The van der Waals surface area contributed by atoms with Crippen LogP contribution in [0.15, 0.2) is 53.4 Å². The first-order valence-electron chi connectivity index (χ1n) is 9.20. The van der Waals surface area contributed by atoms with Gasteiger partial charge < -0.3 is 5.32 Å². The normalized spacial score (nSPS) is 15.5. The summed E-state index contributed by atoms with van der Waals surface area (Å²) in [4.78, 5) is 12.6. The van der Waals surface area contributed by atoms with Crippen molar-refractivity contribution in [3.63, 3.8) is 0 Å². The van der Waals surface area contributed by atoms with E-state index >= 15 is 0 Å². The van der Waals surface area contributed by atoms with E-state index in [1.807, 2.05) is 0 Å². The van der Waals surface area contributed by atoms with Crippen molar-refractivity contribution in [1.82, 2.24) is 4.31 Å². The van der Waals surface area contributed by atoms with Crippen molar-refractivity contribution in [2.45, 2.75) is 43.0 Å². The maximum Gasteiger partial charge on any atom is 0.243 e. The summed E-state index contributed by atoms with van der Waals surface area (Å²) in [6, 6.07) is 11.2. The van der Waals surface area contributed by atoms with Gasteiger partial charge in [0, 0.05) is 6.04 Å². The van der Waals surface area contributed by atoms with Crippen LogP contribution in [0, 0.1) is 5.82 Å². The van der Waals surface area contributed by atoms with Gasteiger partial charge in [-0.3, -0.25) is 4.79 Å². The van der Waals surface area contributed by atoms with Crippen LogP contribution in [-0.4, -0.2) is 31.2 Å². The van der Waals surface area contributed by atoms with E-state index in [1.165, 1.54) is 16.4 Å². The zero-order valence-electron chi connectivity index (χ0n) is 15.3. The Kier molecular flexibility index (Phi) is 6.69. The maximum absolute atomic E-state index is 13.2. The van der Waals surface area contributed by atoms with Gasteiger partial charge in [0.25, 0.3) is 0 Å². The molecule has 0 aromatic heterocycles. The van der Waals surface area contributed by atoms with Crippen LogP contribution in [0.1, 0.15) is 32.1 Å². The molecule has 1 aliphatic rings. The second-order valence-corrected chi connectivity index (χ2v) is 9.12. The van der Waals surface area contributed by atoms with Crippen molar-refractivity contribution in [3.8, 4) is 0 Å². The Bertz CT molecular complexity index is 929. The number of halogens is 2. The number of hydrogen-bond donors (Lipinski definition) is 1. The molecule has 1 fully saturated rings. The van der Waals surface area contributed by atoms with Gasteiger partial charge in [0.05, 0.1) is 22.2 Å². The average molecular weight is 425 g/mol. The minimum absolute atomic E-state index is 0.0231. The number of carbonyl (C=O) groups is 1. The smallest absolute Gasteiger partial charge is 0.243 e. The highest BCUT2D eigenvalue weighted by Crippen LogP contribution is 2.28. The molecule has 0 radical (unpaired) electrons. The molecule has 150 valence electrons. The highest BCUT2D eigenvalue weighted by Gasteiger charge is 2.34. The lowest BCUT2D eigenvalue weighted by Gasteiger charge is -2.33. The van der Waals surface area contributed by atoms with E-state index < -0.39 is 21.7 Å². The fraction of sp³-hybridized carbons (Fsp3) is 0.350. The fourth-order valence-corrected chi connectivity index (χ4v) is 5.24. The molecule has 0 bridgehead atoms. The number of rotatable bonds is 6. The van der Waals surface area contributed by atoms with Gasteiger partial charge in [0.15, 0.2) is 0 Å². The van der Waals surface area contributed by atoms with Crippen LogP contribution in [0.3, 0.4) is 0 Å². The molecule has 0 spiro atoms. The van der Waals surface area contributed by atoms with E-state index in [1.54, 1.807) is 24.3 Å². The quantitative estimate of drug-likeness (QED) is 0.745. The molecule has 8 heteroatoms. The zero-order chi connectivity index (χ0) is 20.1. The average Bonchev–Trinajstić information content (AvgIpc) is 2.69. The molecule has 0 aliphatic heterocycles. The molecule has 1 saturated carbocycles. The minimum atomic E-state index is -3.94. The molecule has 5 nitrogen and oxygen atoms in total. The van der Waals surface area contributed by atoms with E-state index in [4.69, 9.17) is 11.6 Å². The Balaban J connectivity index is 1.85. The first-order valence-corrected chi connectivity index (χ1v) is 11.0. The lowest BCUT2D eigenvalue weighted by molar-refractivity contribution is -0.116. The number of benzene rings is 2. The van der Waals surface area contributed by atoms with Gasteiger partial charge in [0.2, 0.25) is 15.9 Å². The number of nitrogens with zero attached hydrogens (tertiary/aromatic N) is 1. The van der Waals surface area contributed by atoms with Gasteiger partial charge in [0.1, 0.15) is 5.82 Å². The van der Waals surface area contributed by atoms with Crippen LogP contribution in [0.25, 0.3) is 0 Å². The third-order valence-electron chi connectivity index (χ3n) is 4.85. The van der Waals surface area contributed by atoms with Crippen molar-refractivity contribution in [1.29, 1.82) is 0 Å². The Labute approximate surface area is 169 Å². The van der Waals surface area contributed by atoms with E-state index in [0.717, 1.165) is 31.4 Å². The number of para-hydroxylation sites is 1. The van der Waals surface area contributed by atoms with Crippen LogP contribution in [-0.2, 0) is 14.8 Å². The molecule has 2 aromatic carbocycles. The van der Waals surface area contributed by atoms with E-state index in [2.05, 4.69) is 5.32 Å². The predicted molar refractivity (Wildman–Crippen MR) is 107 cm³/mol. The molecule has 0 atom stereocenters. The second kappa shape index (κ2) is 9.03. The van der Waals surface area contributed by atoms with Crippen molar-refractivity contribution in [3.05, 3.63) is 59.4 Å². The van der Waals surface area contributed by atoms with Gasteiger partial charge in [-0.2, -0.15) is 4.31 Å². The van der Waals surface area contributed by atoms with Crippen molar-refractivity contribution < 1.29 is 17.6 Å². The maximum atomic E-state index is 13.2. The van der Waals surface area contributed by atoms with Crippen LogP contribution < -0.4 is 5.32 Å². The van der Waals surface area contributed by atoms with E-state index in [9.17, 15) is 17.6 Å². The molecular formula is C20H22ClFN2O3S. The summed E-state index contributed by atoms with van der Waals surface area (Å²) in [6.45, 7) is -0.324. The largest absolute Gasteiger partial charge is 0.324 e. The summed E-state index contributed by atoms with van der Waals surface area (Å²) in [7, 11) is -3.94. The number of sulfonamides is 1. The number of anilines is 1. The third kappa shape index (κ3) is 4.90. The molecule has 0 saturated heterocycles. The van der Waals surface area contributed by atoms with E-state index in [0.29, 0.717) is 23.6 Å². The van der Waals surface area contributed by atoms with Crippen LogP contribution in [0.2, 0.25) is 5.02 Å². The van der Waals surface area contributed by atoms with Crippen molar-refractivity contribution in [2.24, 2.45) is 0 Å². The van der Waals surface area contributed by atoms with Crippen molar-refractivity contribution >= 4 is 33.2 Å². The topological polar surface area (TPSA) is 66.5 Å². The Morgan fingerprint density at radius 1 is 1.07 bits per heavy atom.